The maximum Gasteiger partial charge on any atom is 0.313 e. The molecule has 0 spiro atoms. The molecule has 1 unspecified atom stereocenters. The molecule has 1 saturated heterocycles. The zero-order chi connectivity index (χ0) is 15.2. The van der Waals surface area contributed by atoms with Gasteiger partial charge in [0.1, 0.15) is 0 Å². The van der Waals surface area contributed by atoms with Crippen LogP contribution >= 0.6 is 11.8 Å². The van der Waals surface area contributed by atoms with E-state index >= 15 is 0 Å². The number of anilines is 1. The molecule has 2 heterocycles. The quantitative estimate of drug-likeness (QED) is 0.797. The standard InChI is InChI=1S/C13H22N4O3S/c1-3-5-17-12(14-15-13(17)21-9-11(18)19)16-6-4-7-20-10(2)8-16/h10H,3-9H2,1-2H3,(H,18,19). The van der Waals surface area contributed by atoms with Crippen molar-refractivity contribution in [3.8, 4) is 0 Å². The molecule has 1 aromatic rings. The molecule has 1 N–H and O–H groups in total. The van der Waals surface area contributed by atoms with Gasteiger partial charge in [-0.1, -0.05) is 18.7 Å². The molecule has 8 heteroatoms. The minimum Gasteiger partial charge on any atom is -0.481 e. The van der Waals surface area contributed by atoms with Gasteiger partial charge in [-0.25, -0.2) is 0 Å². The zero-order valence-electron chi connectivity index (χ0n) is 12.5. The van der Waals surface area contributed by atoms with Gasteiger partial charge in [0.25, 0.3) is 0 Å². The van der Waals surface area contributed by atoms with Gasteiger partial charge in [0.05, 0.1) is 11.9 Å². The minimum absolute atomic E-state index is 0.00135. The van der Waals surface area contributed by atoms with Crippen LogP contribution in [0.4, 0.5) is 5.95 Å². The highest BCUT2D eigenvalue weighted by atomic mass is 32.2. The van der Waals surface area contributed by atoms with E-state index in [1.807, 2.05) is 4.57 Å². The summed E-state index contributed by atoms with van der Waals surface area (Å²) >= 11 is 1.22. The first kappa shape index (κ1) is 16.1. The lowest BCUT2D eigenvalue weighted by Gasteiger charge is -2.23. The van der Waals surface area contributed by atoms with Gasteiger partial charge in [-0.3, -0.25) is 9.36 Å². The predicted octanol–water partition coefficient (Wildman–Crippen LogP) is 1.48. The van der Waals surface area contributed by atoms with Crippen molar-refractivity contribution in [3.05, 3.63) is 0 Å². The van der Waals surface area contributed by atoms with Gasteiger partial charge in [-0.2, -0.15) is 0 Å². The van der Waals surface area contributed by atoms with Crippen LogP contribution in [-0.4, -0.2) is 57.4 Å². The van der Waals surface area contributed by atoms with Crippen molar-refractivity contribution in [2.75, 3.05) is 30.3 Å². The molecule has 1 atom stereocenters. The Bertz CT molecular complexity index is 480. The fourth-order valence-electron chi connectivity index (χ4n) is 2.34. The molecule has 0 amide bonds. The van der Waals surface area contributed by atoms with Crippen molar-refractivity contribution >= 4 is 23.7 Å². The number of aliphatic carboxylic acids is 1. The highest BCUT2D eigenvalue weighted by Gasteiger charge is 2.22. The third-order valence-corrected chi connectivity index (χ3v) is 4.16. The monoisotopic (exact) mass is 314 g/mol. The van der Waals surface area contributed by atoms with Crippen LogP contribution in [-0.2, 0) is 16.1 Å². The van der Waals surface area contributed by atoms with Crippen molar-refractivity contribution in [2.24, 2.45) is 0 Å². The first-order valence-electron chi connectivity index (χ1n) is 7.26. The molecular weight excluding hydrogens is 292 g/mol. The molecule has 1 aromatic heterocycles. The number of hydrogen-bond donors (Lipinski definition) is 1. The maximum atomic E-state index is 10.7. The van der Waals surface area contributed by atoms with Crippen molar-refractivity contribution in [2.45, 2.75) is 44.5 Å². The molecule has 7 nitrogen and oxygen atoms in total. The Kier molecular flexibility index (Phi) is 5.86. The first-order chi connectivity index (χ1) is 10.1. The number of hydrogen-bond acceptors (Lipinski definition) is 6. The summed E-state index contributed by atoms with van der Waals surface area (Å²) in [6.45, 7) is 7.36. The van der Waals surface area contributed by atoms with Crippen molar-refractivity contribution in [1.29, 1.82) is 0 Å². The molecule has 0 bridgehead atoms. The van der Waals surface area contributed by atoms with Crippen molar-refractivity contribution in [3.63, 3.8) is 0 Å². The summed E-state index contributed by atoms with van der Waals surface area (Å²) in [4.78, 5) is 12.9. The Morgan fingerprint density at radius 3 is 3.05 bits per heavy atom. The second-order valence-electron chi connectivity index (χ2n) is 5.10. The molecule has 0 aromatic carbocycles. The van der Waals surface area contributed by atoms with Crippen molar-refractivity contribution < 1.29 is 14.6 Å². The van der Waals surface area contributed by atoms with E-state index in [-0.39, 0.29) is 11.9 Å². The normalized spacial score (nSPS) is 19.5. The number of carboxylic acids is 1. The fraction of sp³-hybridized carbons (Fsp3) is 0.769. The van der Waals surface area contributed by atoms with Crippen LogP contribution in [0.1, 0.15) is 26.7 Å². The third kappa shape index (κ3) is 4.34. The number of carboxylic acid groups (broad SMARTS) is 1. The van der Waals surface area contributed by atoms with Crippen LogP contribution < -0.4 is 4.90 Å². The molecule has 118 valence electrons. The number of nitrogens with zero attached hydrogens (tertiary/aromatic N) is 4. The number of ether oxygens (including phenoxy) is 1. The smallest absolute Gasteiger partial charge is 0.313 e. The first-order valence-corrected chi connectivity index (χ1v) is 8.24. The Balaban J connectivity index is 2.19. The van der Waals surface area contributed by atoms with Gasteiger partial charge in [0.2, 0.25) is 5.95 Å². The van der Waals surface area contributed by atoms with E-state index in [2.05, 4.69) is 28.9 Å². The van der Waals surface area contributed by atoms with Crippen LogP contribution in [0.2, 0.25) is 0 Å². The van der Waals surface area contributed by atoms with Gasteiger partial charge < -0.3 is 14.7 Å². The number of thioether (sulfide) groups is 1. The molecule has 0 saturated carbocycles. The molecule has 0 radical (unpaired) electrons. The maximum absolute atomic E-state index is 10.7. The summed E-state index contributed by atoms with van der Waals surface area (Å²) in [6, 6.07) is 0. The molecule has 1 aliphatic heterocycles. The molecule has 1 aliphatic rings. The van der Waals surface area contributed by atoms with Gasteiger partial charge in [0, 0.05) is 26.2 Å². The van der Waals surface area contributed by atoms with Crippen LogP contribution in [0, 0.1) is 0 Å². The van der Waals surface area contributed by atoms with Gasteiger partial charge in [-0.15, -0.1) is 10.2 Å². The number of aromatic nitrogens is 3. The zero-order valence-corrected chi connectivity index (χ0v) is 13.3. The Morgan fingerprint density at radius 1 is 1.52 bits per heavy atom. The largest absolute Gasteiger partial charge is 0.481 e. The molecule has 21 heavy (non-hydrogen) atoms. The van der Waals surface area contributed by atoms with E-state index in [1.165, 1.54) is 11.8 Å². The average Bonchev–Trinajstić information content (AvgIpc) is 2.70. The molecular formula is C13H22N4O3S. The van der Waals surface area contributed by atoms with Gasteiger partial charge >= 0.3 is 5.97 Å². The van der Waals surface area contributed by atoms with E-state index in [1.54, 1.807) is 0 Å². The summed E-state index contributed by atoms with van der Waals surface area (Å²) in [5.41, 5.74) is 0. The summed E-state index contributed by atoms with van der Waals surface area (Å²) in [5, 5.41) is 17.9. The third-order valence-electron chi connectivity index (χ3n) is 3.20. The van der Waals surface area contributed by atoms with E-state index in [4.69, 9.17) is 9.84 Å². The minimum atomic E-state index is -0.843. The number of carbonyl (C=O) groups is 1. The lowest BCUT2D eigenvalue weighted by molar-refractivity contribution is -0.133. The SMILES string of the molecule is CCCn1c(SCC(=O)O)nnc1N1CCCOC(C)C1. The fourth-order valence-corrected chi connectivity index (χ4v) is 3.02. The summed E-state index contributed by atoms with van der Waals surface area (Å²) < 4.78 is 7.68. The molecule has 2 rings (SSSR count). The second-order valence-corrected chi connectivity index (χ2v) is 6.04. The van der Waals surface area contributed by atoms with E-state index in [9.17, 15) is 4.79 Å². The van der Waals surface area contributed by atoms with E-state index in [0.29, 0.717) is 5.16 Å². The second kappa shape index (κ2) is 7.65. The Hall–Kier alpha value is -1.28. The molecule has 1 fully saturated rings. The van der Waals surface area contributed by atoms with Crippen LogP contribution in [0.25, 0.3) is 0 Å². The van der Waals surface area contributed by atoms with E-state index < -0.39 is 5.97 Å². The molecule has 0 aliphatic carbocycles. The predicted molar refractivity (Wildman–Crippen MR) is 80.9 cm³/mol. The lowest BCUT2D eigenvalue weighted by Crippen LogP contribution is -2.32. The lowest BCUT2D eigenvalue weighted by atomic mass is 10.3. The van der Waals surface area contributed by atoms with Crippen LogP contribution in [0.5, 0.6) is 0 Å². The number of rotatable bonds is 6. The van der Waals surface area contributed by atoms with Crippen LogP contribution in [0.3, 0.4) is 0 Å². The Labute approximate surface area is 128 Å². The van der Waals surface area contributed by atoms with Crippen molar-refractivity contribution in [1.82, 2.24) is 14.8 Å². The summed E-state index contributed by atoms with van der Waals surface area (Å²) in [5.74, 6) is -0.0204. The Morgan fingerprint density at radius 2 is 2.33 bits per heavy atom. The highest BCUT2D eigenvalue weighted by Crippen LogP contribution is 2.23. The highest BCUT2D eigenvalue weighted by molar-refractivity contribution is 7.99. The average molecular weight is 314 g/mol. The summed E-state index contributed by atoms with van der Waals surface area (Å²) in [7, 11) is 0. The van der Waals surface area contributed by atoms with Gasteiger partial charge in [0.15, 0.2) is 5.16 Å². The van der Waals surface area contributed by atoms with Crippen LogP contribution in [0.15, 0.2) is 5.16 Å². The summed E-state index contributed by atoms with van der Waals surface area (Å²) in [6.07, 6.45) is 2.07. The van der Waals surface area contributed by atoms with Gasteiger partial charge in [-0.05, 0) is 19.8 Å². The topological polar surface area (TPSA) is 80.5 Å². The van der Waals surface area contributed by atoms with E-state index in [0.717, 1.165) is 45.0 Å².